The van der Waals surface area contributed by atoms with E-state index in [-0.39, 0.29) is 11.0 Å². The number of likely N-dealkylation sites (tertiary alicyclic amines) is 1. The minimum atomic E-state index is -0.440. The highest BCUT2D eigenvalue weighted by atomic mass is 19.1. The van der Waals surface area contributed by atoms with Gasteiger partial charge in [-0.15, -0.1) is 0 Å². The van der Waals surface area contributed by atoms with Gasteiger partial charge < -0.3 is 9.64 Å². The summed E-state index contributed by atoms with van der Waals surface area (Å²) in [6.45, 7) is 1.66. The zero-order valence-corrected chi connectivity index (χ0v) is 15.4. The summed E-state index contributed by atoms with van der Waals surface area (Å²) >= 11 is 0. The smallest absolute Gasteiger partial charge is 0.209 e. The third-order valence-electron chi connectivity index (χ3n) is 6.56. The first-order valence-corrected chi connectivity index (χ1v) is 9.61. The quantitative estimate of drug-likeness (QED) is 0.752. The second-order valence-electron chi connectivity index (χ2n) is 8.44. The number of hydrogen-bond donors (Lipinski definition) is 0. The van der Waals surface area contributed by atoms with Gasteiger partial charge in [-0.25, -0.2) is 4.39 Å². The summed E-state index contributed by atoms with van der Waals surface area (Å²) in [4.78, 5) is 17.2. The molecule has 1 saturated heterocycles. The van der Waals surface area contributed by atoms with Crippen molar-refractivity contribution in [1.82, 2.24) is 9.88 Å². The van der Waals surface area contributed by atoms with E-state index in [1.165, 1.54) is 6.07 Å². The summed E-state index contributed by atoms with van der Waals surface area (Å²) in [6.07, 6.45) is 7.52. The molecule has 0 bridgehead atoms. The van der Waals surface area contributed by atoms with E-state index in [9.17, 15) is 9.18 Å². The molecule has 1 amide bonds. The zero-order chi connectivity index (χ0) is 19.4. The van der Waals surface area contributed by atoms with Crippen molar-refractivity contribution in [3.63, 3.8) is 0 Å². The second-order valence-corrected chi connectivity index (χ2v) is 8.44. The average molecular weight is 377 g/mol. The van der Waals surface area contributed by atoms with E-state index in [4.69, 9.17) is 10.00 Å². The van der Waals surface area contributed by atoms with Gasteiger partial charge in [0.2, 0.25) is 6.41 Å². The Morgan fingerprint density at radius 1 is 1.25 bits per heavy atom. The van der Waals surface area contributed by atoms with Gasteiger partial charge in [-0.2, -0.15) is 5.26 Å². The number of ether oxygens (including phenoxy) is 1. The van der Waals surface area contributed by atoms with Crippen LogP contribution in [0.1, 0.15) is 36.8 Å². The van der Waals surface area contributed by atoms with Crippen molar-refractivity contribution < 1.29 is 13.9 Å². The predicted octanol–water partition coefficient (Wildman–Crippen LogP) is 3.47. The highest BCUT2D eigenvalue weighted by molar-refractivity contribution is 5.63. The lowest BCUT2D eigenvalue weighted by molar-refractivity contribution is -0.134. The van der Waals surface area contributed by atoms with Crippen molar-refractivity contribution in [2.24, 2.45) is 5.41 Å². The van der Waals surface area contributed by atoms with Crippen molar-refractivity contribution in [2.45, 2.75) is 37.7 Å². The van der Waals surface area contributed by atoms with Gasteiger partial charge in [-0.3, -0.25) is 9.78 Å². The van der Waals surface area contributed by atoms with Gasteiger partial charge in [0.15, 0.2) is 0 Å². The van der Waals surface area contributed by atoms with Gasteiger partial charge in [0.05, 0.1) is 23.5 Å². The number of carbonyl (C=O) groups is 1. The maximum Gasteiger partial charge on any atom is 0.209 e. The van der Waals surface area contributed by atoms with Crippen LogP contribution < -0.4 is 4.74 Å². The number of aromatic nitrogens is 1. The molecular formula is C22H20FN3O2. The van der Waals surface area contributed by atoms with Gasteiger partial charge >= 0.3 is 0 Å². The normalized spacial score (nSPS) is 20.9. The van der Waals surface area contributed by atoms with Crippen molar-refractivity contribution in [3.8, 4) is 23.1 Å². The predicted molar refractivity (Wildman–Crippen MR) is 99.9 cm³/mol. The molecule has 3 aliphatic rings. The molecule has 0 N–H and O–H groups in total. The maximum absolute atomic E-state index is 14.4. The molecule has 5 nitrogen and oxygen atoms in total. The van der Waals surface area contributed by atoms with E-state index in [0.717, 1.165) is 62.9 Å². The fraction of sp³-hybridized carbons (Fsp3) is 0.409. The Hall–Kier alpha value is -2.94. The van der Waals surface area contributed by atoms with Crippen LogP contribution in [0.15, 0.2) is 30.5 Å². The summed E-state index contributed by atoms with van der Waals surface area (Å²) in [5, 5.41) is 8.91. The molecule has 0 atom stereocenters. The summed E-state index contributed by atoms with van der Waals surface area (Å²) in [6, 6.07) is 8.31. The molecule has 6 heteroatoms. The lowest BCUT2D eigenvalue weighted by Gasteiger charge is -2.56. The Labute approximate surface area is 162 Å². The van der Waals surface area contributed by atoms with Crippen LogP contribution in [-0.4, -0.2) is 35.0 Å². The number of carbonyl (C=O) groups excluding carboxylic acids is 1. The van der Waals surface area contributed by atoms with Crippen molar-refractivity contribution in [3.05, 3.63) is 47.4 Å². The number of benzene rings is 1. The van der Waals surface area contributed by atoms with E-state index in [0.29, 0.717) is 16.8 Å². The Morgan fingerprint density at radius 2 is 2.04 bits per heavy atom. The highest BCUT2D eigenvalue weighted by Crippen LogP contribution is 2.60. The molecule has 2 aromatic rings. The van der Waals surface area contributed by atoms with Gasteiger partial charge in [0, 0.05) is 30.6 Å². The van der Waals surface area contributed by atoms with Crippen LogP contribution in [0.4, 0.5) is 4.39 Å². The van der Waals surface area contributed by atoms with Gasteiger partial charge in [0.1, 0.15) is 17.2 Å². The molecule has 1 aliphatic carbocycles. The number of amides is 1. The van der Waals surface area contributed by atoms with Crippen molar-refractivity contribution >= 4 is 6.41 Å². The fourth-order valence-electron chi connectivity index (χ4n) is 5.24. The molecule has 5 rings (SSSR count). The Balaban J connectivity index is 1.34. The fourth-order valence-corrected chi connectivity index (χ4v) is 5.24. The summed E-state index contributed by atoms with van der Waals surface area (Å²) in [5.74, 6) is 0.350. The zero-order valence-electron chi connectivity index (χ0n) is 15.4. The minimum Gasteiger partial charge on any atom is -0.485 e. The first-order valence-electron chi connectivity index (χ1n) is 9.61. The van der Waals surface area contributed by atoms with Crippen LogP contribution in [0.3, 0.4) is 0 Å². The maximum atomic E-state index is 14.4. The Bertz CT molecular complexity index is 997. The SMILES string of the molecule is N#Cc1ccc(-c2cc3c(cn2)OC2(C3)CC3(CCN(C=O)CC3)C2)c(F)c1. The third-order valence-corrected chi connectivity index (χ3v) is 6.56. The van der Waals surface area contributed by atoms with E-state index in [1.807, 2.05) is 17.0 Å². The third kappa shape index (κ3) is 2.65. The topological polar surface area (TPSA) is 66.2 Å². The first-order chi connectivity index (χ1) is 13.5. The molecular weight excluding hydrogens is 357 g/mol. The lowest BCUT2D eigenvalue weighted by atomic mass is 9.54. The largest absolute Gasteiger partial charge is 0.485 e. The molecule has 3 heterocycles. The standard InChI is InChI=1S/C22H20FN3O2/c23-18-7-15(10-24)1-2-17(18)19-8-16-9-22(28-20(16)11-25-19)12-21(13-22)3-5-26(14-27)6-4-21/h1-2,7-8,11,14H,3-6,9,12-13H2. The molecule has 1 aromatic carbocycles. The molecule has 0 radical (unpaired) electrons. The summed E-state index contributed by atoms with van der Waals surface area (Å²) in [7, 11) is 0. The highest BCUT2D eigenvalue weighted by Gasteiger charge is 2.59. The number of hydrogen-bond acceptors (Lipinski definition) is 4. The van der Waals surface area contributed by atoms with E-state index in [2.05, 4.69) is 4.98 Å². The van der Waals surface area contributed by atoms with Gasteiger partial charge in [0.25, 0.3) is 0 Å². The first kappa shape index (κ1) is 17.2. The van der Waals surface area contributed by atoms with Gasteiger partial charge in [-0.05, 0) is 55.4 Å². The van der Waals surface area contributed by atoms with Crippen LogP contribution in [0, 0.1) is 22.6 Å². The monoisotopic (exact) mass is 377 g/mol. The van der Waals surface area contributed by atoms with Crippen molar-refractivity contribution in [1.29, 1.82) is 5.26 Å². The molecule has 28 heavy (non-hydrogen) atoms. The Kier molecular flexibility index (Phi) is 3.70. The van der Waals surface area contributed by atoms with Crippen LogP contribution >= 0.6 is 0 Å². The lowest BCUT2D eigenvalue weighted by Crippen LogP contribution is -2.58. The number of fused-ring (bicyclic) bond motifs is 1. The van der Waals surface area contributed by atoms with E-state index in [1.54, 1.807) is 18.3 Å². The average Bonchev–Trinajstić information content (AvgIpc) is 3.06. The van der Waals surface area contributed by atoms with E-state index >= 15 is 0 Å². The molecule has 2 spiro atoms. The number of pyridine rings is 1. The van der Waals surface area contributed by atoms with Crippen LogP contribution in [0.25, 0.3) is 11.3 Å². The number of halogens is 1. The molecule has 1 aromatic heterocycles. The molecule has 2 aliphatic heterocycles. The van der Waals surface area contributed by atoms with Crippen LogP contribution in [-0.2, 0) is 11.2 Å². The molecule has 1 saturated carbocycles. The molecule has 2 fully saturated rings. The number of nitriles is 1. The minimum absolute atomic E-state index is 0.171. The molecule has 142 valence electrons. The van der Waals surface area contributed by atoms with Gasteiger partial charge in [-0.1, -0.05) is 0 Å². The summed E-state index contributed by atoms with van der Waals surface area (Å²) < 4.78 is 20.6. The second kappa shape index (κ2) is 6.03. The van der Waals surface area contributed by atoms with E-state index < -0.39 is 5.82 Å². The number of piperidine rings is 1. The van der Waals surface area contributed by atoms with Crippen LogP contribution in [0.5, 0.6) is 5.75 Å². The van der Waals surface area contributed by atoms with Crippen LogP contribution in [0.2, 0.25) is 0 Å². The molecule has 0 unspecified atom stereocenters. The summed E-state index contributed by atoms with van der Waals surface area (Å²) in [5.41, 5.74) is 2.44. The van der Waals surface area contributed by atoms with Crippen molar-refractivity contribution in [2.75, 3.05) is 13.1 Å². The number of nitrogens with zero attached hydrogens (tertiary/aromatic N) is 3. The Morgan fingerprint density at radius 3 is 2.71 bits per heavy atom. The number of rotatable bonds is 2.